The fourth-order valence-electron chi connectivity index (χ4n) is 4.78. The zero-order valence-electron chi connectivity index (χ0n) is 20.2. The van der Waals surface area contributed by atoms with Crippen LogP contribution in [0.25, 0.3) is 0 Å². The van der Waals surface area contributed by atoms with Gasteiger partial charge < -0.3 is 0 Å². The highest BCUT2D eigenvalue weighted by atomic mass is 32.2. The maximum Gasteiger partial charge on any atom is 0.264 e. The minimum atomic E-state index is -3.88. The van der Waals surface area contributed by atoms with Gasteiger partial charge in [0.2, 0.25) is 10.0 Å². The maximum absolute atomic E-state index is 13.7. The Morgan fingerprint density at radius 3 is 2.06 bits per heavy atom. The van der Waals surface area contributed by atoms with E-state index >= 15 is 0 Å². The van der Waals surface area contributed by atoms with E-state index in [2.05, 4.69) is 13.2 Å². The number of hydrogen-bond acceptors (Lipinski definition) is 4. The fraction of sp³-hybridized carbons (Fsp3) is 0.214. The molecular weight excluding hydrogens is 492 g/mol. The van der Waals surface area contributed by atoms with Crippen molar-refractivity contribution in [1.82, 2.24) is 4.31 Å². The van der Waals surface area contributed by atoms with Gasteiger partial charge in [0.15, 0.2) is 0 Å². The quantitative estimate of drug-likeness (QED) is 0.352. The van der Waals surface area contributed by atoms with Crippen LogP contribution in [0.5, 0.6) is 0 Å². The Morgan fingerprint density at radius 1 is 0.917 bits per heavy atom. The van der Waals surface area contributed by atoms with E-state index in [1.54, 1.807) is 85.8 Å². The topological polar surface area (TPSA) is 74.8 Å². The van der Waals surface area contributed by atoms with E-state index in [0.717, 1.165) is 5.56 Å². The molecule has 0 saturated heterocycles. The monoisotopic (exact) mass is 522 g/mol. The third-order valence-electron chi connectivity index (χ3n) is 6.36. The lowest BCUT2D eigenvalue weighted by Crippen LogP contribution is -2.47. The number of sulfonamides is 2. The van der Waals surface area contributed by atoms with Crippen molar-refractivity contribution in [3.8, 4) is 0 Å². The van der Waals surface area contributed by atoms with Gasteiger partial charge in [-0.05, 0) is 49.2 Å². The van der Waals surface area contributed by atoms with Crippen LogP contribution < -0.4 is 4.31 Å². The summed E-state index contributed by atoms with van der Waals surface area (Å²) < 4.78 is 57.7. The summed E-state index contributed by atoms with van der Waals surface area (Å²) >= 11 is 0. The summed E-state index contributed by atoms with van der Waals surface area (Å²) in [6.07, 6.45) is 2.12. The van der Waals surface area contributed by atoms with E-state index in [-0.39, 0.29) is 29.4 Å². The molecule has 1 unspecified atom stereocenters. The Labute approximate surface area is 214 Å². The van der Waals surface area contributed by atoms with Crippen LogP contribution in [-0.2, 0) is 25.5 Å². The Balaban J connectivity index is 1.84. The molecule has 0 spiro atoms. The number of fused-ring (bicyclic) bond motifs is 1. The van der Waals surface area contributed by atoms with Crippen LogP contribution in [0.15, 0.2) is 120 Å². The predicted molar refractivity (Wildman–Crippen MR) is 144 cm³/mol. The van der Waals surface area contributed by atoms with Crippen LogP contribution in [0, 0.1) is 0 Å². The van der Waals surface area contributed by atoms with Crippen LogP contribution in [0.1, 0.15) is 18.9 Å². The first-order valence-corrected chi connectivity index (χ1v) is 14.5. The largest absolute Gasteiger partial charge is 0.265 e. The van der Waals surface area contributed by atoms with Gasteiger partial charge >= 0.3 is 0 Å². The number of nitrogens with zero attached hydrogens (tertiary/aromatic N) is 2. The zero-order valence-corrected chi connectivity index (χ0v) is 21.9. The van der Waals surface area contributed by atoms with Crippen LogP contribution in [0.3, 0.4) is 0 Å². The normalized spacial score (nSPS) is 17.7. The van der Waals surface area contributed by atoms with Crippen molar-refractivity contribution in [2.75, 3.05) is 23.9 Å². The van der Waals surface area contributed by atoms with Gasteiger partial charge in [-0.3, -0.25) is 4.31 Å². The molecule has 0 bridgehead atoms. The zero-order chi connectivity index (χ0) is 26.0. The second-order valence-electron chi connectivity index (χ2n) is 9.16. The molecule has 0 aromatic heterocycles. The van der Waals surface area contributed by atoms with E-state index in [0.29, 0.717) is 17.7 Å². The fourth-order valence-corrected chi connectivity index (χ4v) is 7.97. The van der Waals surface area contributed by atoms with E-state index in [1.807, 2.05) is 12.1 Å². The summed E-state index contributed by atoms with van der Waals surface area (Å²) in [6, 6.07) is 23.8. The molecule has 1 aliphatic rings. The highest BCUT2D eigenvalue weighted by Crippen LogP contribution is 2.46. The van der Waals surface area contributed by atoms with E-state index < -0.39 is 25.5 Å². The van der Waals surface area contributed by atoms with Crippen molar-refractivity contribution in [2.24, 2.45) is 0 Å². The minimum Gasteiger partial charge on any atom is -0.265 e. The standard InChI is InChI=1S/C28H30N2O4S2/c1-4-19-28(21-29(20-23(2)3)35(31,32)24-13-7-5-8-14-24)22-30(27-18-12-11-17-26(27)28)36(33,34)25-15-9-6-10-16-25/h4-18H,1-2,19-22H2,3H3. The molecule has 0 radical (unpaired) electrons. The van der Waals surface area contributed by atoms with Gasteiger partial charge in [-0.15, -0.1) is 6.58 Å². The van der Waals surface area contributed by atoms with Gasteiger partial charge in [-0.25, -0.2) is 16.8 Å². The number of benzene rings is 3. The Kier molecular flexibility index (Phi) is 7.22. The summed E-state index contributed by atoms with van der Waals surface area (Å²) in [5.41, 5.74) is 1.18. The third-order valence-corrected chi connectivity index (χ3v) is 9.94. The van der Waals surface area contributed by atoms with Gasteiger partial charge in [0.25, 0.3) is 10.0 Å². The van der Waals surface area contributed by atoms with Crippen molar-refractivity contribution in [3.63, 3.8) is 0 Å². The van der Waals surface area contributed by atoms with Crippen LogP contribution in [0.4, 0.5) is 5.69 Å². The van der Waals surface area contributed by atoms with Gasteiger partial charge in [0, 0.05) is 25.0 Å². The Bertz CT molecular complexity index is 1470. The SMILES string of the molecule is C=CCC1(CN(CC(=C)C)S(=O)(=O)c2ccccc2)CN(S(=O)(=O)c2ccccc2)c2ccccc21. The average Bonchev–Trinajstić information content (AvgIpc) is 3.20. The molecule has 188 valence electrons. The van der Waals surface area contributed by atoms with Crippen LogP contribution >= 0.6 is 0 Å². The third kappa shape index (κ3) is 4.76. The van der Waals surface area contributed by atoms with Crippen molar-refractivity contribution >= 4 is 25.7 Å². The Morgan fingerprint density at radius 2 is 1.47 bits per heavy atom. The molecule has 1 heterocycles. The molecule has 8 heteroatoms. The average molecular weight is 523 g/mol. The molecular formula is C28H30N2O4S2. The number of para-hydroxylation sites is 1. The van der Waals surface area contributed by atoms with Crippen molar-refractivity contribution in [1.29, 1.82) is 0 Å². The lowest BCUT2D eigenvalue weighted by atomic mass is 9.79. The predicted octanol–water partition coefficient (Wildman–Crippen LogP) is 4.98. The molecule has 0 fully saturated rings. The summed E-state index contributed by atoms with van der Waals surface area (Å²) in [5, 5.41) is 0. The Hall–Kier alpha value is -3.20. The van der Waals surface area contributed by atoms with Crippen LogP contribution in [-0.4, -0.2) is 40.8 Å². The van der Waals surface area contributed by atoms with Crippen molar-refractivity contribution in [2.45, 2.75) is 28.6 Å². The number of allylic oxidation sites excluding steroid dienone is 1. The van der Waals surface area contributed by atoms with E-state index in [4.69, 9.17) is 0 Å². The molecule has 1 atom stereocenters. The number of rotatable bonds is 10. The van der Waals surface area contributed by atoms with Gasteiger partial charge in [0.1, 0.15) is 0 Å². The molecule has 3 aromatic rings. The number of anilines is 1. The molecule has 0 aliphatic carbocycles. The highest BCUT2D eigenvalue weighted by molar-refractivity contribution is 7.92. The van der Waals surface area contributed by atoms with E-state index in [1.165, 1.54) is 8.61 Å². The first-order chi connectivity index (χ1) is 17.1. The minimum absolute atomic E-state index is 0.0704. The second kappa shape index (κ2) is 10.0. The van der Waals surface area contributed by atoms with Crippen LogP contribution in [0.2, 0.25) is 0 Å². The smallest absolute Gasteiger partial charge is 0.264 e. The lowest BCUT2D eigenvalue weighted by molar-refractivity contribution is 0.328. The van der Waals surface area contributed by atoms with Gasteiger partial charge in [0.05, 0.1) is 15.5 Å². The molecule has 1 aliphatic heterocycles. The molecule has 0 amide bonds. The first-order valence-electron chi connectivity index (χ1n) is 11.6. The summed E-state index contributed by atoms with van der Waals surface area (Å²) in [5.74, 6) is 0. The lowest BCUT2D eigenvalue weighted by Gasteiger charge is -2.35. The van der Waals surface area contributed by atoms with E-state index in [9.17, 15) is 16.8 Å². The molecule has 3 aromatic carbocycles. The second-order valence-corrected chi connectivity index (χ2v) is 13.0. The van der Waals surface area contributed by atoms with Crippen molar-refractivity contribution < 1.29 is 16.8 Å². The van der Waals surface area contributed by atoms with Gasteiger partial charge in [-0.2, -0.15) is 4.31 Å². The molecule has 4 rings (SSSR count). The number of hydrogen-bond donors (Lipinski definition) is 0. The maximum atomic E-state index is 13.7. The molecule has 36 heavy (non-hydrogen) atoms. The molecule has 0 N–H and O–H groups in total. The summed E-state index contributed by atoms with van der Waals surface area (Å²) in [6.45, 7) is 9.93. The van der Waals surface area contributed by atoms with Gasteiger partial charge in [-0.1, -0.05) is 72.8 Å². The molecule has 0 saturated carbocycles. The summed E-state index contributed by atoms with van der Waals surface area (Å²) in [4.78, 5) is 0.366. The van der Waals surface area contributed by atoms with Crippen molar-refractivity contribution in [3.05, 3.63) is 115 Å². The first kappa shape index (κ1) is 25.9. The summed E-state index contributed by atoms with van der Waals surface area (Å²) in [7, 11) is -7.75. The molecule has 6 nitrogen and oxygen atoms in total. The highest BCUT2D eigenvalue weighted by Gasteiger charge is 2.48.